The molecule has 1 atom stereocenters. The molecule has 0 saturated heterocycles. The van der Waals surface area contributed by atoms with Crippen molar-refractivity contribution < 1.29 is 4.21 Å². The second-order valence-electron chi connectivity index (χ2n) is 3.36. The lowest BCUT2D eigenvalue weighted by Gasteiger charge is -2.02. The minimum Gasteiger partial charge on any atom is -0.248 e. The Morgan fingerprint density at radius 3 is 2.14 bits per heavy atom. The number of halogens is 1. The minimum atomic E-state index is -1.22. The highest BCUT2D eigenvalue weighted by Gasteiger charge is 2.08. The summed E-state index contributed by atoms with van der Waals surface area (Å²) in [6.07, 6.45) is 0. The Labute approximate surface area is 92.2 Å². The van der Waals surface area contributed by atoms with Gasteiger partial charge in [-0.3, -0.25) is 0 Å². The molecule has 0 N–H and O–H groups in total. The lowest BCUT2D eigenvalue weighted by molar-refractivity contribution is 0.687. The van der Waals surface area contributed by atoms with Gasteiger partial charge in [-0.05, 0) is 38.5 Å². The zero-order valence-corrected chi connectivity index (χ0v) is 10.1. The first-order valence-electron chi connectivity index (χ1n) is 4.34. The van der Waals surface area contributed by atoms with Crippen molar-refractivity contribution in [3.05, 3.63) is 39.8 Å². The molecule has 1 rings (SSSR count). The van der Waals surface area contributed by atoms with E-state index >= 15 is 0 Å². The topological polar surface area (TPSA) is 17.1 Å². The average Bonchev–Trinajstić information content (AvgIpc) is 2.16. The van der Waals surface area contributed by atoms with Gasteiger partial charge in [-0.2, -0.15) is 0 Å². The Hall–Kier alpha value is -0.600. The van der Waals surface area contributed by atoms with Crippen LogP contribution in [-0.2, 0) is 10.8 Å². The van der Waals surface area contributed by atoms with Crippen molar-refractivity contribution in [1.82, 2.24) is 0 Å². The Kier molecular flexibility index (Phi) is 3.90. The Balaban J connectivity index is 3.02. The van der Waals surface area contributed by atoms with Gasteiger partial charge in [-0.25, -0.2) is 4.21 Å². The number of rotatable bonds is 2. The number of hydrogen-bond acceptors (Lipinski definition) is 1. The molecule has 0 aliphatic heterocycles. The quantitative estimate of drug-likeness (QED) is 0.756. The molecule has 3 heteroatoms. The van der Waals surface area contributed by atoms with Gasteiger partial charge in [0.1, 0.15) is 4.36 Å². The molecule has 0 saturated carbocycles. The first kappa shape index (κ1) is 11.5. The lowest BCUT2D eigenvalue weighted by atomic mass is 10.2. The van der Waals surface area contributed by atoms with Crippen LogP contribution in [-0.4, -0.2) is 4.21 Å². The highest BCUT2D eigenvalue weighted by molar-refractivity contribution is 7.90. The van der Waals surface area contributed by atoms with E-state index in [1.54, 1.807) is 0 Å². The van der Waals surface area contributed by atoms with Gasteiger partial charge in [0, 0.05) is 4.90 Å². The molecule has 0 aliphatic rings. The Morgan fingerprint density at radius 1 is 1.21 bits per heavy atom. The van der Waals surface area contributed by atoms with Crippen molar-refractivity contribution in [2.75, 3.05) is 0 Å². The number of hydrogen-bond donors (Lipinski definition) is 0. The van der Waals surface area contributed by atoms with E-state index in [0.29, 0.717) is 4.36 Å². The number of benzene rings is 1. The maximum atomic E-state index is 11.8. The van der Waals surface area contributed by atoms with Gasteiger partial charge in [0.15, 0.2) is 0 Å². The third-order valence-electron chi connectivity index (χ3n) is 1.79. The van der Waals surface area contributed by atoms with Gasteiger partial charge in [-0.15, -0.1) is 0 Å². The van der Waals surface area contributed by atoms with Gasteiger partial charge in [-0.1, -0.05) is 29.3 Å². The van der Waals surface area contributed by atoms with Gasteiger partial charge in [0.05, 0.1) is 10.8 Å². The summed E-state index contributed by atoms with van der Waals surface area (Å²) in [5.74, 6) is 0. The smallest absolute Gasteiger partial charge is 0.108 e. The Bertz CT molecular complexity index is 375. The second-order valence-corrected chi connectivity index (χ2v) is 5.37. The summed E-state index contributed by atoms with van der Waals surface area (Å²) in [6, 6.07) is 7.55. The molecule has 1 nitrogen and oxygen atoms in total. The monoisotopic (exact) mass is 228 g/mol. The molecule has 1 aromatic rings. The molecule has 0 amide bonds. The van der Waals surface area contributed by atoms with Crippen molar-refractivity contribution in [1.29, 1.82) is 0 Å². The van der Waals surface area contributed by atoms with Crippen LogP contribution < -0.4 is 0 Å². The third kappa shape index (κ3) is 2.69. The van der Waals surface area contributed by atoms with Crippen molar-refractivity contribution in [2.45, 2.75) is 25.7 Å². The van der Waals surface area contributed by atoms with E-state index < -0.39 is 10.8 Å². The molecule has 0 radical (unpaired) electrons. The van der Waals surface area contributed by atoms with Gasteiger partial charge in [0.25, 0.3) is 0 Å². The van der Waals surface area contributed by atoms with E-state index in [2.05, 4.69) is 0 Å². The van der Waals surface area contributed by atoms with Crippen LogP contribution in [0, 0.1) is 6.92 Å². The third-order valence-corrected chi connectivity index (χ3v) is 4.02. The molecule has 0 heterocycles. The van der Waals surface area contributed by atoms with Crippen LogP contribution in [0.25, 0.3) is 0 Å². The average molecular weight is 229 g/mol. The van der Waals surface area contributed by atoms with E-state index in [-0.39, 0.29) is 0 Å². The summed E-state index contributed by atoms with van der Waals surface area (Å²) < 4.78 is 12.2. The van der Waals surface area contributed by atoms with Crippen LogP contribution in [0.5, 0.6) is 0 Å². The highest BCUT2D eigenvalue weighted by Crippen LogP contribution is 2.20. The lowest BCUT2D eigenvalue weighted by Crippen LogP contribution is -1.92. The molecular weight excluding hydrogens is 216 g/mol. The number of allylic oxidation sites excluding steroid dienone is 1. The molecule has 1 aromatic carbocycles. The normalized spacial score (nSPS) is 12.3. The molecule has 0 aliphatic carbocycles. The van der Waals surface area contributed by atoms with E-state index in [9.17, 15) is 4.21 Å². The largest absolute Gasteiger partial charge is 0.248 e. The fraction of sp³-hybridized carbons (Fsp3) is 0.273. The van der Waals surface area contributed by atoms with E-state index in [1.165, 1.54) is 0 Å². The van der Waals surface area contributed by atoms with Gasteiger partial charge < -0.3 is 0 Å². The van der Waals surface area contributed by atoms with Crippen molar-refractivity contribution >= 4 is 22.4 Å². The molecule has 0 fully saturated rings. The molecule has 0 aromatic heterocycles. The van der Waals surface area contributed by atoms with Crippen LogP contribution >= 0.6 is 11.6 Å². The van der Waals surface area contributed by atoms with Crippen molar-refractivity contribution in [3.63, 3.8) is 0 Å². The maximum absolute atomic E-state index is 11.8. The van der Waals surface area contributed by atoms with Crippen molar-refractivity contribution in [2.24, 2.45) is 0 Å². The van der Waals surface area contributed by atoms with Crippen LogP contribution in [0.4, 0.5) is 0 Å². The van der Waals surface area contributed by atoms with Crippen molar-refractivity contribution in [3.8, 4) is 0 Å². The molecular formula is C11H13ClOS. The predicted molar refractivity (Wildman–Crippen MR) is 61.8 cm³/mol. The standard InChI is InChI=1S/C11H13ClOS/c1-8(2)11(12)14(13)10-6-4-9(3)5-7-10/h4-7H,1-3H3. The molecule has 1 unspecified atom stereocenters. The van der Waals surface area contributed by atoms with Crippen LogP contribution in [0.2, 0.25) is 0 Å². The minimum absolute atomic E-state index is 0.425. The molecule has 76 valence electrons. The van der Waals surface area contributed by atoms with E-state index in [4.69, 9.17) is 11.6 Å². The first-order chi connectivity index (χ1) is 6.52. The van der Waals surface area contributed by atoms with E-state index in [0.717, 1.165) is 16.0 Å². The molecule has 14 heavy (non-hydrogen) atoms. The second kappa shape index (κ2) is 4.76. The highest BCUT2D eigenvalue weighted by atomic mass is 35.5. The zero-order chi connectivity index (χ0) is 10.7. The predicted octanol–water partition coefficient (Wildman–Crippen LogP) is 3.59. The summed E-state index contributed by atoms with van der Waals surface area (Å²) in [5, 5.41) is 0. The van der Waals surface area contributed by atoms with E-state index in [1.807, 2.05) is 45.0 Å². The fourth-order valence-electron chi connectivity index (χ4n) is 0.951. The summed E-state index contributed by atoms with van der Waals surface area (Å²) >= 11 is 5.92. The first-order valence-corrected chi connectivity index (χ1v) is 5.86. The van der Waals surface area contributed by atoms with Crippen LogP contribution in [0.1, 0.15) is 19.4 Å². The molecule has 0 spiro atoms. The summed E-state index contributed by atoms with van der Waals surface area (Å²) in [6.45, 7) is 5.71. The number of aryl methyl sites for hydroxylation is 1. The van der Waals surface area contributed by atoms with Crippen LogP contribution in [0.3, 0.4) is 0 Å². The maximum Gasteiger partial charge on any atom is 0.108 e. The van der Waals surface area contributed by atoms with Gasteiger partial charge >= 0.3 is 0 Å². The Morgan fingerprint density at radius 2 is 1.71 bits per heavy atom. The summed E-state index contributed by atoms with van der Waals surface area (Å²) in [4.78, 5) is 0.752. The zero-order valence-electron chi connectivity index (χ0n) is 8.50. The SMILES string of the molecule is CC(C)=C(Cl)S(=O)c1ccc(C)cc1. The summed E-state index contributed by atoms with van der Waals surface area (Å²) in [7, 11) is -1.22. The summed E-state index contributed by atoms with van der Waals surface area (Å²) in [5.41, 5.74) is 2.05. The van der Waals surface area contributed by atoms with Crippen LogP contribution in [0.15, 0.2) is 39.1 Å². The fourth-order valence-corrected chi connectivity index (χ4v) is 2.18. The molecule has 0 bridgehead atoms. The van der Waals surface area contributed by atoms with Gasteiger partial charge in [0.2, 0.25) is 0 Å².